The first kappa shape index (κ1) is 14.9. The molecular formula is C17H21N3O2S. The highest BCUT2D eigenvalue weighted by Gasteiger charge is 2.30. The van der Waals surface area contributed by atoms with Crippen molar-refractivity contribution in [3.8, 4) is 0 Å². The van der Waals surface area contributed by atoms with E-state index in [9.17, 15) is 4.79 Å². The lowest BCUT2D eigenvalue weighted by Gasteiger charge is -2.31. The largest absolute Gasteiger partial charge is 0.339 e. The van der Waals surface area contributed by atoms with Crippen molar-refractivity contribution in [2.24, 2.45) is 0 Å². The zero-order valence-corrected chi connectivity index (χ0v) is 14.2. The molecule has 4 rings (SSSR count). The van der Waals surface area contributed by atoms with E-state index in [1.54, 1.807) is 11.3 Å². The Morgan fingerprint density at radius 3 is 3.04 bits per heavy atom. The van der Waals surface area contributed by atoms with Gasteiger partial charge in [0.05, 0.1) is 11.5 Å². The van der Waals surface area contributed by atoms with Crippen molar-refractivity contribution < 1.29 is 9.32 Å². The van der Waals surface area contributed by atoms with E-state index in [1.165, 1.54) is 23.3 Å². The molecule has 0 aromatic carbocycles. The smallest absolute Gasteiger partial charge is 0.255 e. The summed E-state index contributed by atoms with van der Waals surface area (Å²) in [5.74, 6) is 1.69. The molecule has 1 saturated heterocycles. The number of amides is 1. The summed E-state index contributed by atoms with van der Waals surface area (Å²) in [6, 6.07) is 0. The molecule has 1 aliphatic heterocycles. The molecule has 2 aromatic rings. The summed E-state index contributed by atoms with van der Waals surface area (Å²) >= 11 is 1.76. The van der Waals surface area contributed by atoms with E-state index in [0.29, 0.717) is 18.3 Å². The van der Waals surface area contributed by atoms with E-state index in [-0.39, 0.29) is 11.8 Å². The monoisotopic (exact) mass is 331 g/mol. The summed E-state index contributed by atoms with van der Waals surface area (Å²) < 4.78 is 5.32. The predicted molar refractivity (Wildman–Crippen MR) is 87.9 cm³/mol. The molecule has 6 heteroatoms. The Labute approximate surface area is 139 Å². The van der Waals surface area contributed by atoms with Gasteiger partial charge in [0.2, 0.25) is 5.89 Å². The van der Waals surface area contributed by atoms with Crippen LogP contribution in [0.3, 0.4) is 0 Å². The van der Waals surface area contributed by atoms with Crippen molar-refractivity contribution >= 4 is 17.2 Å². The van der Waals surface area contributed by atoms with Crippen LogP contribution in [-0.4, -0.2) is 34.0 Å². The van der Waals surface area contributed by atoms with E-state index in [2.05, 4.69) is 15.5 Å². The summed E-state index contributed by atoms with van der Waals surface area (Å²) in [7, 11) is 0. The molecule has 0 bridgehead atoms. The fraction of sp³-hybridized carbons (Fsp3) is 0.588. The number of hydrogen-bond acceptors (Lipinski definition) is 5. The van der Waals surface area contributed by atoms with E-state index in [1.807, 2.05) is 11.8 Å². The number of piperidine rings is 1. The second-order valence-electron chi connectivity index (χ2n) is 6.53. The Hall–Kier alpha value is -1.69. The Morgan fingerprint density at radius 1 is 1.35 bits per heavy atom. The number of fused-ring (bicyclic) bond motifs is 1. The standard InChI is InChI=1S/C17H21N3O2S/c1-11-18-16(22-19-11)12-5-4-8-20(9-12)17(21)14-10-23-15-7-3-2-6-13(14)15/h10,12H,2-9H2,1H3/t12-/m1/s1. The van der Waals surface area contributed by atoms with E-state index in [0.717, 1.165) is 37.8 Å². The SMILES string of the molecule is Cc1noc([C@@H]2CCCN(C(=O)c3csc4c3CCCC4)C2)n1. The van der Waals surface area contributed by atoms with Crippen LogP contribution in [-0.2, 0) is 12.8 Å². The highest BCUT2D eigenvalue weighted by Crippen LogP contribution is 2.33. The van der Waals surface area contributed by atoms with Crippen LogP contribution in [0.4, 0.5) is 0 Å². The first-order valence-corrected chi connectivity index (χ1v) is 9.29. The Morgan fingerprint density at radius 2 is 2.22 bits per heavy atom. The summed E-state index contributed by atoms with van der Waals surface area (Å²) in [6.45, 7) is 3.34. The maximum Gasteiger partial charge on any atom is 0.255 e. The fourth-order valence-corrected chi connectivity index (χ4v) is 4.81. The molecule has 0 saturated carbocycles. The molecule has 2 aromatic heterocycles. The van der Waals surface area contributed by atoms with Crippen LogP contribution in [0.1, 0.15) is 64.1 Å². The van der Waals surface area contributed by atoms with Crippen molar-refractivity contribution in [1.29, 1.82) is 0 Å². The van der Waals surface area contributed by atoms with Crippen molar-refractivity contribution in [2.45, 2.75) is 51.4 Å². The number of hydrogen-bond donors (Lipinski definition) is 0. The molecule has 1 atom stereocenters. The minimum absolute atomic E-state index is 0.170. The molecule has 1 aliphatic carbocycles. The summed E-state index contributed by atoms with van der Waals surface area (Å²) in [4.78, 5) is 20.7. The molecule has 5 nitrogen and oxygen atoms in total. The molecule has 2 aliphatic rings. The average Bonchev–Trinajstić information content (AvgIpc) is 3.20. The predicted octanol–water partition coefficient (Wildman–Crippen LogP) is 3.34. The van der Waals surface area contributed by atoms with Gasteiger partial charge in [-0.3, -0.25) is 4.79 Å². The van der Waals surface area contributed by atoms with Gasteiger partial charge in [-0.25, -0.2) is 0 Å². The van der Waals surface area contributed by atoms with Crippen LogP contribution in [0.25, 0.3) is 0 Å². The molecular weight excluding hydrogens is 310 g/mol. The number of aryl methyl sites for hydroxylation is 2. The summed E-state index contributed by atoms with van der Waals surface area (Å²) in [5.41, 5.74) is 2.24. The van der Waals surface area contributed by atoms with E-state index >= 15 is 0 Å². The van der Waals surface area contributed by atoms with Crippen LogP contribution in [0.5, 0.6) is 0 Å². The third-order valence-corrected chi connectivity index (χ3v) is 5.98. The molecule has 0 spiro atoms. The van der Waals surface area contributed by atoms with Gasteiger partial charge >= 0.3 is 0 Å². The molecule has 0 N–H and O–H groups in total. The number of thiophene rings is 1. The van der Waals surface area contributed by atoms with Gasteiger partial charge in [0, 0.05) is 23.3 Å². The Balaban J connectivity index is 1.53. The fourth-order valence-electron chi connectivity index (χ4n) is 3.69. The second-order valence-corrected chi connectivity index (χ2v) is 7.49. The minimum atomic E-state index is 0.170. The molecule has 1 fully saturated rings. The molecule has 1 amide bonds. The highest BCUT2D eigenvalue weighted by atomic mass is 32.1. The third kappa shape index (κ3) is 2.80. The maximum atomic E-state index is 13.0. The zero-order chi connectivity index (χ0) is 15.8. The van der Waals surface area contributed by atoms with Gasteiger partial charge in [-0.1, -0.05) is 5.16 Å². The lowest BCUT2D eigenvalue weighted by Crippen LogP contribution is -2.39. The Bertz CT molecular complexity index is 721. The lowest BCUT2D eigenvalue weighted by molar-refractivity contribution is 0.0695. The topological polar surface area (TPSA) is 59.2 Å². The van der Waals surface area contributed by atoms with Gasteiger partial charge < -0.3 is 9.42 Å². The van der Waals surface area contributed by atoms with Crippen LogP contribution in [0, 0.1) is 6.92 Å². The quantitative estimate of drug-likeness (QED) is 0.847. The number of nitrogens with zero attached hydrogens (tertiary/aromatic N) is 3. The van der Waals surface area contributed by atoms with Crippen LogP contribution in [0.15, 0.2) is 9.90 Å². The molecule has 0 radical (unpaired) electrons. The number of likely N-dealkylation sites (tertiary alicyclic amines) is 1. The molecule has 0 unspecified atom stereocenters. The normalized spacial score (nSPS) is 21.3. The van der Waals surface area contributed by atoms with Gasteiger partial charge in [-0.15, -0.1) is 11.3 Å². The molecule has 23 heavy (non-hydrogen) atoms. The molecule has 3 heterocycles. The summed E-state index contributed by atoms with van der Waals surface area (Å²) in [6.07, 6.45) is 6.64. The lowest BCUT2D eigenvalue weighted by atomic mass is 9.94. The first-order chi connectivity index (χ1) is 11.2. The van der Waals surface area contributed by atoms with E-state index in [4.69, 9.17) is 4.52 Å². The summed E-state index contributed by atoms with van der Waals surface area (Å²) in [5, 5.41) is 5.95. The third-order valence-electron chi connectivity index (χ3n) is 4.89. The number of aromatic nitrogens is 2. The van der Waals surface area contributed by atoms with Crippen molar-refractivity contribution in [2.75, 3.05) is 13.1 Å². The maximum absolute atomic E-state index is 13.0. The van der Waals surface area contributed by atoms with Gasteiger partial charge in [0.25, 0.3) is 5.91 Å². The average molecular weight is 331 g/mol. The van der Waals surface area contributed by atoms with Crippen LogP contribution < -0.4 is 0 Å². The van der Waals surface area contributed by atoms with Crippen LogP contribution in [0.2, 0.25) is 0 Å². The molecule has 122 valence electrons. The van der Waals surface area contributed by atoms with E-state index < -0.39 is 0 Å². The van der Waals surface area contributed by atoms with Gasteiger partial charge in [-0.2, -0.15) is 4.98 Å². The Kier molecular flexibility index (Phi) is 3.93. The number of carbonyl (C=O) groups excluding carboxylic acids is 1. The van der Waals surface area contributed by atoms with Crippen molar-refractivity contribution in [1.82, 2.24) is 15.0 Å². The van der Waals surface area contributed by atoms with Crippen molar-refractivity contribution in [3.05, 3.63) is 33.1 Å². The van der Waals surface area contributed by atoms with Gasteiger partial charge in [0.15, 0.2) is 5.82 Å². The second kappa shape index (κ2) is 6.07. The minimum Gasteiger partial charge on any atom is -0.339 e. The van der Waals surface area contributed by atoms with Crippen molar-refractivity contribution in [3.63, 3.8) is 0 Å². The number of rotatable bonds is 2. The van der Waals surface area contributed by atoms with Gasteiger partial charge in [-0.05, 0) is 51.0 Å². The first-order valence-electron chi connectivity index (χ1n) is 8.41. The zero-order valence-electron chi connectivity index (χ0n) is 13.4. The van der Waals surface area contributed by atoms with Gasteiger partial charge in [0.1, 0.15) is 0 Å². The highest BCUT2D eigenvalue weighted by molar-refractivity contribution is 7.10. The van der Waals surface area contributed by atoms with Crippen LogP contribution >= 0.6 is 11.3 Å². The number of carbonyl (C=O) groups is 1.